The molecule has 0 atom stereocenters. The molecule has 2 aliphatic rings. The lowest BCUT2D eigenvalue weighted by Gasteiger charge is -2.39. The molecule has 0 radical (unpaired) electrons. The highest BCUT2D eigenvalue weighted by molar-refractivity contribution is 6.05. The van der Waals surface area contributed by atoms with E-state index in [-0.39, 0.29) is 41.5 Å². The average molecular weight is 654 g/mol. The number of hydrogen-bond acceptors (Lipinski definition) is 10. The van der Waals surface area contributed by atoms with Crippen molar-refractivity contribution < 1.29 is 42.8 Å². The molecule has 13 nitrogen and oxygen atoms in total. The molecule has 3 heterocycles. The van der Waals surface area contributed by atoms with Crippen molar-refractivity contribution >= 4 is 46.2 Å². The minimum absolute atomic E-state index is 0.0440. The lowest BCUT2D eigenvalue weighted by Crippen LogP contribution is -2.47. The van der Waals surface area contributed by atoms with E-state index in [4.69, 9.17) is 18.9 Å². The number of benzene rings is 1. The summed E-state index contributed by atoms with van der Waals surface area (Å²) in [5, 5.41) is 15.7. The number of carbonyl (C=O) groups is 3. The standard InChI is InChI=1S/C33H40FN5O8/c1-17-21(15-36-27-26(17)39(9-10-44-27)30(42)47-32(5,6)7)20-11-18-12-23(37-28(40)45-19-13-33(8,43)14-19)35-16-22(18)25(24(20)34)38-29(41)46-31(2,3)4/h11-12,15-16,19,43H,9-10,13-14H2,1-8H3,(H,38,41)(H,35,37,40). The van der Waals surface area contributed by atoms with Gasteiger partial charge >= 0.3 is 18.3 Å². The van der Waals surface area contributed by atoms with Crippen LogP contribution >= 0.6 is 0 Å². The Morgan fingerprint density at radius 3 is 2.32 bits per heavy atom. The van der Waals surface area contributed by atoms with E-state index < -0.39 is 47.0 Å². The first-order valence-corrected chi connectivity index (χ1v) is 15.3. The van der Waals surface area contributed by atoms with Crippen LogP contribution in [0.25, 0.3) is 21.9 Å². The van der Waals surface area contributed by atoms with Gasteiger partial charge in [-0.15, -0.1) is 0 Å². The van der Waals surface area contributed by atoms with Gasteiger partial charge in [0, 0.05) is 41.7 Å². The lowest BCUT2D eigenvalue weighted by molar-refractivity contribution is -0.100. The first-order valence-electron chi connectivity index (χ1n) is 15.3. The van der Waals surface area contributed by atoms with Crippen molar-refractivity contribution in [2.45, 2.75) is 91.1 Å². The molecule has 3 aromatic rings. The van der Waals surface area contributed by atoms with Gasteiger partial charge in [-0.05, 0) is 78.5 Å². The molecule has 0 saturated heterocycles. The van der Waals surface area contributed by atoms with Gasteiger partial charge < -0.3 is 24.1 Å². The van der Waals surface area contributed by atoms with E-state index in [0.29, 0.717) is 35.0 Å². The third-order valence-corrected chi connectivity index (χ3v) is 7.43. The van der Waals surface area contributed by atoms with Crippen molar-refractivity contribution in [1.82, 2.24) is 9.97 Å². The van der Waals surface area contributed by atoms with Crippen LogP contribution in [-0.2, 0) is 14.2 Å². The zero-order chi connectivity index (χ0) is 34.5. The van der Waals surface area contributed by atoms with Gasteiger partial charge in [-0.2, -0.15) is 0 Å². The third-order valence-electron chi connectivity index (χ3n) is 7.43. The van der Waals surface area contributed by atoms with Crippen molar-refractivity contribution in [2.75, 3.05) is 28.7 Å². The molecule has 252 valence electrons. The van der Waals surface area contributed by atoms with Gasteiger partial charge in [0.1, 0.15) is 35.4 Å². The zero-order valence-corrected chi connectivity index (χ0v) is 27.7. The van der Waals surface area contributed by atoms with E-state index in [0.717, 1.165) is 0 Å². The van der Waals surface area contributed by atoms with E-state index in [1.807, 2.05) is 0 Å². The highest BCUT2D eigenvalue weighted by atomic mass is 19.1. The predicted octanol–water partition coefficient (Wildman–Crippen LogP) is 6.69. The van der Waals surface area contributed by atoms with Gasteiger partial charge in [-0.25, -0.2) is 28.7 Å². The number of pyridine rings is 2. The summed E-state index contributed by atoms with van der Waals surface area (Å²) in [4.78, 5) is 48.6. The number of rotatable bonds is 4. The summed E-state index contributed by atoms with van der Waals surface area (Å²) in [6.07, 6.45) is 0.699. The number of hydrogen-bond donors (Lipinski definition) is 3. The molecule has 47 heavy (non-hydrogen) atoms. The Bertz CT molecular complexity index is 1740. The second-order valence-corrected chi connectivity index (χ2v) is 14.0. The highest BCUT2D eigenvalue weighted by Crippen LogP contribution is 2.43. The number of anilines is 3. The molecule has 1 saturated carbocycles. The van der Waals surface area contributed by atoms with Crippen molar-refractivity contribution in [1.29, 1.82) is 0 Å². The fraction of sp³-hybridized carbons (Fsp3) is 0.485. The predicted molar refractivity (Wildman–Crippen MR) is 172 cm³/mol. The van der Waals surface area contributed by atoms with Gasteiger partial charge in [-0.1, -0.05) is 0 Å². The number of fused-ring (bicyclic) bond motifs is 2. The first kappa shape index (κ1) is 33.6. The average Bonchev–Trinajstić information content (AvgIpc) is 2.91. The SMILES string of the molecule is Cc1c(-c2cc3cc(NC(=O)OC4CC(C)(O)C4)ncc3c(NC(=O)OC(C)(C)C)c2F)cnc2c1N(C(=O)OC(C)(C)C)CCO2. The van der Waals surface area contributed by atoms with Crippen LogP contribution < -0.4 is 20.3 Å². The van der Waals surface area contributed by atoms with Crippen LogP contribution in [-0.4, -0.2) is 69.4 Å². The maximum atomic E-state index is 16.6. The fourth-order valence-electron chi connectivity index (χ4n) is 5.46. The lowest BCUT2D eigenvalue weighted by atomic mass is 9.79. The molecule has 2 aromatic heterocycles. The summed E-state index contributed by atoms with van der Waals surface area (Å²) in [6.45, 7) is 14.1. The summed E-state index contributed by atoms with van der Waals surface area (Å²) in [5.74, 6) is -0.495. The molecule has 3 amide bonds. The monoisotopic (exact) mass is 653 g/mol. The number of halogens is 1. The smallest absolute Gasteiger partial charge is 0.415 e. The van der Waals surface area contributed by atoms with Crippen LogP contribution in [0.1, 0.15) is 66.9 Å². The van der Waals surface area contributed by atoms with Gasteiger partial charge in [0.15, 0.2) is 5.82 Å². The molecule has 1 fully saturated rings. The Balaban J connectivity index is 1.58. The minimum atomic E-state index is -0.887. The van der Waals surface area contributed by atoms with Crippen LogP contribution in [0.3, 0.4) is 0 Å². The molecule has 1 aromatic carbocycles. The summed E-state index contributed by atoms with van der Waals surface area (Å²) < 4.78 is 38.7. The Morgan fingerprint density at radius 1 is 1.00 bits per heavy atom. The Morgan fingerprint density at radius 2 is 1.68 bits per heavy atom. The molecule has 1 aliphatic carbocycles. The second kappa shape index (κ2) is 12.1. The van der Waals surface area contributed by atoms with E-state index in [9.17, 15) is 19.5 Å². The zero-order valence-electron chi connectivity index (χ0n) is 27.7. The van der Waals surface area contributed by atoms with Crippen LogP contribution in [0, 0.1) is 12.7 Å². The molecule has 0 spiro atoms. The van der Waals surface area contributed by atoms with Crippen molar-refractivity contribution in [3.63, 3.8) is 0 Å². The summed E-state index contributed by atoms with van der Waals surface area (Å²) in [5.41, 5.74) is -1.52. The summed E-state index contributed by atoms with van der Waals surface area (Å²) in [6, 6.07) is 3.04. The number of amides is 3. The van der Waals surface area contributed by atoms with E-state index >= 15 is 4.39 Å². The number of carbonyl (C=O) groups excluding carboxylic acids is 3. The Labute approximate surface area is 271 Å². The molecule has 14 heteroatoms. The minimum Gasteiger partial charge on any atom is -0.474 e. The van der Waals surface area contributed by atoms with Crippen molar-refractivity contribution in [2.24, 2.45) is 0 Å². The van der Waals surface area contributed by atoms with E-state index in [2.05, 4.69) is 20.6 Å². The first-order chi connectivity index (χ1) is 21.8. The van der Waals surface area contributed by atoms with Crippen LogP contribution in [0.15, 0.2) is 24.5 Å². The molecular formula is C33H40FN5O8. The fourth-order valence-corrected chi connectivity index (χ4v) is 5.46. The van der Waals surface area contributed by atoms with Gasteiger partial charge in [0.2, 0.25) is 5.88 Å². The second-order valence-electron chi connectivity index (χ2n) is 14.0. The summed E-state index contributed by atoms with van der Waals surface area (Å²) >= 11 is 0. The largest absolute Gasteiger partial charge is 0.474 e. The normalized spacial score (nSPS) is 19.2. The van der Waals surface area contributed by atoms with Gasteiger partial charge in [0.05, 0.1) is 17.8 Å². The topological polar surface area (TPSA) is 161 Å². The maximum absolute atomic E-state index is 16.6. The molecule has 5 rings (SSSR count). The van der Waals surface area contributed by atoms with Crippen LogP contribution in [0.5, 0.6) is 5.88 Å². The van der Waals surface area contributed by atoms with Gasteiger partial charge in [-0.3, -0.25) is 15.5 Å². The molecule has 0 bridgehead atoms. The summed E-state index contributed by atoms with van der Waals surface area (Å²) in [7, 11) is 0. The Hall–Kier alpha value is -4.72. The van der Waals surface area contributed by atoms with Gasteiger partial charge in [0.25, 0.3) is 0 Å². The van der Waals surface area contributed by atoms with Crippen LogP contribution in [0.2, 0.25) is 0 Å². The molecule has 1 aliphatic heterocycles. The van der Waals surface area contributed by atoms with Crippen molar-refractivity contribution in [3.8, 4) is 17.0 Å². The number of aliphatic hydroxyl groups is 1. The number of nitrogens with zero attached hydrogens (tertiary/aromatic N) is 3. The highest BCUT2D eigenvalue weighted by Gasteiger charge is 2.41. The molecular weight excluding hydrogens is 613 g/mol. The molecule has 3 N–H and O–H groups in total. The maximum Gasteiger partial charge on any atom is 0.415 e. The molecule has 0 unspecified atom stereocenters. The van der Waals surface area contributed by atoms with E-state index in [1.54, 1.807) is 55.4 Å². The Kier molecular flexibility index (Phi) is 8.69. The van der Waals surface area contributed by atoms with E-state index in [1.165, 1.54) is 29.4 Å². The van der Waals surface area contributed by atoms with Crippen molar-refractivity contribution in [3.05, 3.63) is 35.9 Å². The number of nitrogens with one attached hydrogen (secondary N) is 2. The third kappa shape index (κ3) is 7.64. The number of ether oxygens (including phenoxy) is 4. The number of aromatic nitrogens is 2. The van der Waals surface area contributed by atoms with Crippen LogP contribution in [0.4, 0.5) is 36.0 Å². The quantitative estimate of drug-likeness (QED) is 0.259.